The SMILES string of the molecule is C[C@@H]1CC[C@@H](CO[Si](c2ccccc2)(c2ccccc2)C(C)(C)C)O[C@@H]1[C@@H](C)CS(=O)(=O)c1ccccc1. The standard InChI is InChI=1S/C32H42O4SSi/c1-25-21-22-27(36-31(25)26(2)24-37(33,34)28-15-9-6-10-16-28)23-35-38(32(3,4)5,29-17-11-7-12-18-29)30-19-13-8-14-20-30/h6-20,25-27,31H,21-24H2,1-5H3/t25-,26+,27+,31+/m1/s1. The maximum atomic E-state index is 13.1. The summed E-state index contributed by atoms with van der Waals surface area (Å²) in [5.41, 5.74) is 0. The van der Waals surface area contributed by atoms with Crippen LogP contribution >= 0.6 is 0 Å². The normalized spacial score (nSPS) is 21.7. The van der Waals surface area contributed by atoms with Gasteiger partial charge in [-0.25, -0.2) is 8.42 Å². The van der Waals surface area contributed by atoms with Crippen molar-refractivity contribution in [3.05, 3.63) is 91.0 Å². The van der Waals surface area contributed by atoms with Gasteiger partial charge < -0.3 is 9.16 Å². The lowest BCUT2D eigenvalue weighted by Crippen LogP contribution is -2.67. The molecule has 38 heavy (non-hydrogen) atoms. The number of hydrogen-bond acceptors (Lipinski definition) is 4. The summed E-state index contributed by atoms with van der Waals surface area (Å²) in [6.45, 7) is 11.5. The van der Waals surface area contributed by atoms with E-state index in [1.165, 1.54) is 10.4 Å². The first-order chi connectivity index (χ1) is 18.0. The summed E-state index contributed by atoms with van der Waals surface area (Å²) in [5, 5.41) is 2.40. The van der Waals surface area contributed by atoms with E-state index in [0.29, 0.717) is 17.4 Å². The van der Waals surface area contributed by atoms with E-state index in [2.05, 4.69) is 88.4 Å². The Hall–Kier alpha value is -2.25. The van der Waals surface area contributed by atoms with Crippen molar-refractivity contribution >= 4 is 28.5 Å². The van der Waals surface area contributed by atoms with Crippen LogP contribution < -0.4 is 10.4 Å². The zero-order valence-corrected chi connectivity index (χ0v) is 25.2. The summed E-state index contributed by atoms with van der Waals surface area (Å²) in [4.78, 5) is 0.377. The van der Waals surface area contributed by atoms with Crippen molar-refractivity contribution in [3.63, 3.8) is 0 Å². The van der Waals surface area contributed by atoms with Crippen molar-refractivity contribution in [2.45, 2.75) is 69.6 Å². The molecule has 3 aromatic carbocycles. The smallest absolute Gasteiger partial charge is 0.261 e. The highest BCUT2D eigenvalue weighted by Crippen LogP contribution is 2.38. The Morgan fingerprint density at radius 1 is 0.868 bits per heavy atom. The molecule has 0 amide bonds. The molecule has 4 atom stereocenters. The molecule has 0 unspecified atom stereocenters. The first-order valence-electron chi connectivity index (χ1n) is 13.7. The van der Waals surface area contributed by atoms with Gasteiger partial charge in [0.2, 0.25) is 0 Å². The number of sulfone groups is 1. The molecule has 6 heteroatoms. The molecule has 0 aliphatic carbocycles. The molecule has 1 fully saturated rings. The monoisotopic (exact) mass is 550 g/mol. The van der Waals surface area contributed by atoms with Crippen LogP contribution in [0.4, 0.5) is 0 Å². The summed E-state index contributed by atoms with van der Waals surface area (Å²) < 4.78 is 39.9. The molecule has 0 aromatic heterocycles. The van der Waals surface area contributed by atoms with Gasteiger partial charge >= 0.3 is 0 Å². The Balaban J connectivity index is 1.55. The van der Waals surface area contributed by atoms with Crippen LogP contribution in [-0.2, 0) is 19.0 Å². The van der Waals surface area contributed by atoms with E-state index in [0.717, 1.165) is 12.8 Å². The average molecular weight is 551 g/mol. The van der Waals surface area contributed by atoms with Gasteiger partial charge in [0.05, 0.1) is 29.5 Å². The van der Waals surface area contributed by atoms with Gasteiger partial charge in [-0.15, -0.1) is 0 Å². The van der Waals surface area contributed by atoms with E-state index in [-0.39, 0.29) is 28.9 Å². The van der Waals surface area contributed by atoms with Crippen LogP contribution in [0.2, 0.25) is 5.04 Å². The van der Waals surface area contributed by atoms with Crippen LogP contribution in [0, 0.1) is 11.8 Å². The van der Waals surface area contributed by atoms with Crippen molar-refractivity contribution in [3.8, 4) is 0 Å². The Kier molecular flexibility index (Phi) is 8.98. The summed E-state index contributed by atoms with van der Waals surface area (Å²) in [6, 6.07) is 30.0. The van der Waals surface area contributed by atoms with Crippen LogP contribution in [-0.4, -0.2) is 41.3 Å². The van der Waals surface area contributed by atoms with Crippen LogP contribution in [0.3, 0.4) is 0 Å². The molecule has 0 bridgehead atoms. The lowest BCUT2D eigenvalue weighted by Gasteiger charge is -2.45. The molecule has 1 aliphatic rings. The molecule has 1 heterocycles. The minimum atomic E-state index is -3.38. The Labute approximate surface area is 230 Å². The third-order valence-electron chi connectivity index (χ3n) is 7.90. The quantitative estimate of drug-likeness (QED) is 0.313. The maximum absolute atomic E-state index is 13.1. The van der Waals surface area contributed by atoms with Gasteiger partial charge in [-0.2, -0.15) is 0 Å². The number of rotatable bonds is 9. The fourth-order valence-corrected chi connectivity index (χ4v) is 12.2. The van der Waals surface area contributed by atoms with Gasteiger partial charge in [0, 0.05) is 0 Å². The van der Waals surface area contributed by atoms with E-state index in [1.807, 2.05) is 13.0 Å². The predicted molar refractivity (Wildman–Crippen MR) is 158 cm³/mol. The summed E-state index contributed by atoms with van der Waals surface area (Å²) >= 11 is 0. The summed E-state index contributed by atoms with van der Waals surface area (Å²) in [6.07, 6.45) is 1.71. The molecular formula is C32H42O4SSi. The third kappa shape index (κ3) is 6.14. The van der Waals surface area contributed by atoms with Gasteiger partial charge in [0.1, 0.15) is 0 Å². The molecular weight excluding hydrogens is 509 g/mol. The van der Waals surface area contributed by atoms with E-state index >= 15 is 0 Å². The zero-order chi connectivity index (χ0) is 27.4. The molecule has 3 aromatic rings. The highest BCUT2D eigenvalue weighted by atomic mass is 32.2. The topological polar surface area (TPSA) is 52.6 Å². The van der Waals surface area contributed by atoms with Gasteiger partial charge in [-0.1, -0.05) is 113 Å². The predicted octanol–water partition coefficient (Wildman–Crippen LogP) is 5.86. The Morgan fingerprint density at radius 2 is 1.37 bits per heavy atom. The molecule has 204 valence electrons. The van der Waals surface area contributed by atoms with Gasteiger partial charge in [0.15, 0.2) is 9.84 Å². The third-order valence-corrected chi connectivity index (χ3v) is 14.9. The number of hydrogen-bond donors (Lipinski definition) is 0. The van der Waals surface area contributed by atoms with E-state index < -0.39 is 18.2 Å². The minimum absolute atomic E-state index is 0.0697. The fourth-order valence-electron chi connectivity index (χ4n) is 6.00. The van der Waals surface area contributed by atoms with Gasteiger partial charge in [0.25, 0.3) is 8.32 Å². The maximum Gasteiger partial charge on any atom is 0.261 e. The molecule has 0 radical (unpaired) electrons. The van der Waals surface area contributed by atoms with Gasteiger partial charge in [-0.05, 0) is 52.2 Å². The Bertz CT molecular complexity index is 1220. The second-order valence-corrected chi connectivity index (χ2v) is 18.2. The molecule has 4 rings (SSSR count). The molecule has 0 N–H and O–H groups in total. The average Bonchev–Trinajstić information content (AvgIpc) is 2.90. The lowest BCUT2D eigenvalue weighted by atomic mass is 9.87. The summed E-state index contributed by atoms with van der Waals surface area (Å²) in [5.74, 6) is 0.250. The van der Waals surface area contributed by atoms with Crippen molar-refractivity contribution in [1.82, 2.24) is 0 Å². The van der Waals surface area contributed by atoms with Crippen LogP contribution in [0.1, 0.15) is 47.5 Å². The molecule has 1 aliphatic heterocycles. The van der Waals surface area contributed by atoms with Crippen molar-refractivity contribution in [2.75, 3.05) is 12.4 Å². The van der Waals surface area contributed by atoms with E-state index in [4.69, 9.17) is 9.16 Å². The van der Waals surface area contributed by atoms with Crippen molar-refractivity contribution in [2.24, 2.45) is 11.8 Å². The van der Waals surface area contributed by atoms with E-state index in [1.54, 1.807) is 24.3 Å². The van der Waals surface area contributed by atoms with Crippen LogP contribution in [0.15, 0.2) is 95.9 Å². The lowest BCUT2D eigenvalue weighted by molar-refractivity contribution is -0.112. The first-order valence-corrected chi connectivity index (χ1v) is 17.3. The zero-order valence-electron chi connectivity index (χ0n) is 23.3. The second kappa shape index (κ2) is 11.9. The largest absolute Gasteiger partial charge is 0.405 e. The highest BCUT2D eigenvalue weighted by Gasteiger charge is 2.50. The number of benzene rings is 3. The second-order valence-electron chi connectivity index (χ2n) is 11.8. The van der Waals surface area contributed by atoms with E-state index in [9.17, 15) is 8.42 Å². The van der Waals surface area contributed by atoms with Crippen molar-refractivity contribution < 1.29 is 17.6 Å². The fraction of sp³-hybridized carbons (Fsp3) is 0.438. The van der Waals surface area contributed by atoms with Crippen molar-refractivity contribution in [1.29, 1.82) is 0 Å². The molecule has 1 saturated heterocycles. The highest BCUT2D eigenvalue weighted by molar-refractivity contribution is 7.91. The summed E-state index contributed by atoms with van der Waals surface area (Å²) in [7, 11) is -6.04. The van der Waals surface area contributed by atoms with Gasteiger partial charge in [-0.3, -0.25) is 0 Å². The van der Waals surface area contributed by atoms with Crippen LogP contribution in [0.5, 0.6) is 0 Å². The molecule has 4 nitrogen and oxygen atoms in total. The minimum Gasteiger partial charge on any atom is -0.405 e. The number of ether oxygens (including phenoxy) is 1. The molecule has 0 spiro atoms. The molecule has 0 saturated carbocycles. The first kappa shape index (κ1) is 28.7. The van der Waals surface area contributed by atoms with Crippen LogP contribution in [0.25, 0.3) is 0 Å². The Morgan fingerprint density at radius 3 is 1.87 bits per heavy atom.